The number of esters is 1. The first-order valence-electron chi connectivity index (χ1n) is 5.64. The van der Waals surface area contributed by atoms with Crippen molar-refractivity contribution in [2.24, 2.45) is 0 Å². The second kappa shape index (κ2) is 7.50. The van der Waals surface area contributed by atoms with Crippen LogP contribution in [0.25, 0.3) is 0 Å². The highest BCUT2D eigenvalue weighted by Crippen LogP contribution is 2.19. The Hall–Kier alpha value is -1.82. The van der Waals surface area contributed by atoms with Crippen LogP contribution in [0.3, 0.4) is 0 Å². The molecule has 1 rings (SSSR count). The van der Waals surface area contributed by atoms with Crippen LogP contribution >= 0.6 is 12.2 Å². The Morgan fingerprint density at radius 3 is 2.61 bits per heavy atom. The Morgan fingerprint density at radius 2 is 2.00 bits per heavy atom. The number of hydrogen-bond acceptors (Lipinski definition) is 4. The lowest BCUT2D eigenvalue weighted by molar-refractivity contribution is -0.141. The number of thiocarbonyl (C=S) groups is 1. The van der Waals surface area contributed by atoms with E-state index in [2.05, 4.69) is 16.0 Å². The summed E-state index contributed by atoms with van der Waals surface area (Å²) in [6, 6.07) is 7.64. The largest absolute Gasteiger partial charge is 0.465 e. The molecule has 0 unspecified atom stereocenters. The number of anilines is 2. The van der Waals surface area contributed by atoms with Crippen molar-refractivity contribution in [1.29, 1.82) is 0 Å². The van der Waals surface area contributed by atoms with E-state index in [1.165, 1.54) is 0 Å². The summed E-state index contributed by atoms with van der Waals surface area (Å²) in [7, 11) is 1.83. The summed E-state index contributed by atoms with van der Waals surface area (Å²) >= 11 is 5.09. The van der Waals surface area contributed by atoms with Gasteiger partial charge in [-0.05, 0) is 31.3 Å². The minimum absolute atomic E-state index is 0.0569. The predicted octanol–water partition coefficient (Wildman–Crippen LogP) is 1.58. The lowest BCUT2D eigenvalue weighted by Gasteiger charge is -2.13. The molecule has 0 saturated carbocycles. The Kier molecular flexibility index (Phi) is 5.93. The van der Waals surface area contributed by atoms with E-state index in [0.717, 1.165) is 11.4 Å². The summed E-state index contributed by atoms with van der Waals surface area (Å²) in [5.41, 5.74) is 1.78. The van der Waals surface area contributed by atoms with Gasteiger partial charge in [-0.3, -0.25) is 4.79 Å². The highest BCUT2D eigenvalue weighted by molar-refractivity contribution is 7.80. The summed E-state index contributed by atoms with van der Waals surface area (Å²) in [4.78, 5) is 11.1. The Labute approximate surface area is 112 Å². The second-order valence-corrected chi connectivity index (χ2v) is 3.82. The maximum atomic E-state index is 11.1. The highest BCUT2D eigenvalue weighted by atomic mass is 32.1. The third-order valence-corrected chi connectivity index (χ3v) is 2.39. The summed E-state index contributed by atoms with van der Waals surface area (Å²) in [5.74, 6) is -0.330. The van der Waals surface area contributed by atoms with Crippen molar-refractivity contribution in [2.45, 2.75) is 6.92 Å². The topological polar surface area (TPSA) is 62.4 Å². The van der Waals surface area contributed by atoms with Crippen LogP contribution in [0.4, 0.5) is 11.4 Å². The number of benzene rings is 1. The molecular formula is C12H17N3O2S. The van der Waals surface area contributed by atoms with Gasteiger partial charge in [-0.1, -0.05) is 12.1 Å². The van der Waals surface area contributed by atoms with Crippen molar-refractivity contribution in [3.8, 4) is 0 Å². The zero-order valence-electron chi connectivity index (χ0n) is 10.4. The third-order valence-electron chi connectivity index (χ3n) is 2.14. The van der Waals surface area contributed by atoms with E-state index in [9.17, 15) is 4.79 Å². The number of para-hydroxylation sites is 2. The van der Waals surface area contributed by atoms with Gasteiger partial charge in [-0.2, -0.15) is 0 Å². The minimum Gasteiger partial charge on any atom is -0.465 e. The van der Waals surface area contributed by atoms with E-state index in [4.69, 9.17) is 17.0 Å². The lowest BCUT2D eigenvalue weighted by atomic mass is 10.2. The van der Waals surface area contributed by atoms with Crippen LogP contribution in [0.5, 0.6) is 0 Å². The molecule has 0 aliphatic heterocycles. The van der Waals surface area contributed by atoms with E-state index in [1.807, 2.05) is 31.3 Å². The number of carbonyl (C=O) groups excluding carboxylic acids is 1. The Bertz CT molecular complexity index is 424. The van der Waals surface area contributed by atoms with Crippen molar-refractivity contribution in [3.05, 3.63) is 24.3 Å². The van der Waals surface area contributed by atoms with Crippen LogP contribution in [0.1, 0.15) is 6.92 Å². The lowest BCUT2D eigenvalue weighted by Crippen LogP contribution is -2.34. The molecule has 0 heterocycles. The number of ether oxygens (including phenoxy) is 1. The molecule has 0 saturated heterocycles. The van der Waals surface area contributed by atoms with E-state index in [1.54, 1.807) is 6.92 Å². The summed E-state index contributed by atoms with van der Waals surface area (Å²) in [6.07, 6.45) is 0. The molecule has 98 valence electrons. The van der Waals surface area contributed by atoms with Crippen LogP contribution in [0.15, 0.2) is 24.3 Å². The SMILES string of the molecule is CCOC(=O)CNC(=S)Nc1ccccc1NC. The quantitative estimate of drug-likeness (QED) is 0.556. The standard InChI is InChI=1S/C12H17N3O2S/c1-3-17-11(16)8-14-12(18)15-10-7-5-4-6-9(10)13-2/h4-7,13H,3,8H2,1-2H3,(H2,14,15,18). The second-order valence-electron chi connectivity index (χ2n) is 3.41. The zero-order valence-corrected chi connectivity index (χ0v) is 11.3. The van der Waals surface area contributed by atoms with Gasteiger partial charge in [0.05, 0.1) is 18.0 Å². The van der Waals surface area contributed by atoms with E-state index in [-0.39, 0.29) is 12.5 Å². The Morgan fingerprint density at radius 1 is 1.33 bits per heavy atom. The molecule has 5 nitrogen and oxygen atoms in total. The fourth-order valence-electron chi connectivity index (χ4n) is 1.34. The first kappa shape index (κ1) is 14.2. The molecular weight excluding hydrogens is 250 g/mol. The van der Waals surface area contributed by atoms with E-state index < -0.39 is 0 Å². The fraction of sp³-hybridized carbons (Fsp3) is 0.333. The van der Waals surface area contributed by atoms with Gasteiger partial charge in [0.1, 0.15) is 6.54 Å². The first-order chi connectivity index (χ1) is 8.67. The van der Waals surface area contributed by atoms with Crippen LogP contribution in [0, 0.1) is 0 Å². The van der Waals surface area contributed by atoms with Gasteiger partial charge in [0.15, 0.2) is 5.11 Å². The maximum absolute atomic E-state index is 11.1. The zero-order chi connectivity index (χ0) is 13.4. The molecule has 18 heavy (non-hydrogen) atoms. The fourth-order valence-corrected chi connectivity index (χ4v) is 1.52. The van der Waals surface area contributed by atoms with Gasteiger partial charge in [-0.15, -0.1) is 0 Å². The summed E-state index contributed by atoms with van der Waals surface area (Å²) < 4.78 is 4.79. The average Bonchev–Trinajstić information content (AvgIpc) is 2.37. The van der Waals surface area contributed by atoms with Gasteiger partial charge >= 0.3 is 5.97 Å². The van der Waals surface area contributed by atoms with Crippen molar-refractivity contribution in [2.75, 3.05) is 30.8 Å². The van der Waals surface area contributed by atoms with Crippen LogP contribution in [0.2, 0.25) is 0 Å². The van der Waals surface area contributed by atoms with Gasteiger partial charge in [0.2, 0.25) is 0 Å². The van der Waals surface area contributed by atoms with E-state index in [0.29, 0.717) is 11.7 Å². The smallest absolute Gasteiger partial charge is 0.325 e. The molecule has 0 aliphatic carbocycles. The third kappa shape index (κ3) is 4.58. The van der Waals surface area contributed by atoms with Crippen molar-refractivity contribution < 1.29 is 9.53 Å². The average molecular weight is 267 g/mol. The predicted molar refractivity (Wildman–Crippen MR) is 76.8 cm³/mol. The van der Waals surface area contributed by atoms with Crippen LogP contribution in [-0.2, 0) is 9.53 Å². The molecule has 1 aromatic carbocycles. The van der Waals surface area contributed by atoms with Gasteiger partial charge in [0.25, 0.3) is 0 Å². The normalized spacial score (nSPS) is 9.44. The van der Waals surface area contributed by atoms with Crippen molar-refractivity contribution in [3.63, 3.8) is 0 Å². The number of nitrogens with one attached hydrogen (secondary N) is 3. The molecule has 0 aromatic heterocycles. The van der Waals surface area contributed by atoms with Crippen molar-refractivity contribution >= 4 is 34.7 Å². The number of hydrogen-bond donors (Lipinski definition) is 3. The van der Waals surface area contributed by atoms with Crippen molar-refractivity contribution in [1.82, 2.24) is 5.32 Å². The van der Waals surface area contributed by atoms with E-state index >= 15 is 0 Å². The molecule has 0 radical (unpaired) electrons. The molecule has 0 fully saturated rings. The van der Waals surface area contributed by atoms with Gasteiger partial charge in [0, 0.05) is 7.05 Å². The monoisotopic (exact) mass is 267 g/mol. The highest BCUT2D eigenvalue weighted by Gasteiger charge is 2.05. The Balaban J connectivity index is 2.47. The molecule has 0 spiro atoms. The van der Waals surface area contributed by atoms with Gasteiger partial charge < -0.3 is 20.7 Å². The van der Waals surface area contributed by atoms with Crippen LogP contribution in [-0.4, -0.2) is 31.3 Å². The molecule has 0 aliphatic rings. The molecule has 0 atom stereocenters. The summed E-state index contributed by atoms with van der Waals surface area (Å²) in [5, 5.41) is 9.22. The maximum Gasteiger partial charge on any atom is 0.325 e. The van der Waals surface area contributed by atoms with Gasteiger partial charge in [-0.25, -0.2) is 0 Å². The minimum atomic E-state index is -0.330. The molecule has 0 amide bonds. The molecule has 3 N–H and O–H groups in total. The molecule has 0 bridgehead atoms. The van der Waals surface area contributed by atoms with Crippen LogP contribution < -0.4 is 16.0 Å². The number of rotatable bonds is 5. The number of carbonyl (C=O) groups is 1. The molecule has 6 heteroatoms. The summed E-state index contributed by atoms with van der Waals surface area (Å²) in [6.45, 7) is 2.18. The first-order valence-corrected chi connectivity index (χ1v) is 6.05. The molecule has 1 aromatic rings.